The third-order valence-corrected chi connectivity index (χ3v) is 2.65. The van der Waals surface area contributed by atoms with Crippen molar-refractivity contribution in [2.45, 2.75) is 27.2 Å². The van der Waals surface area contributed by atoms with Crippen molar-refractivity contribution in [3.8, 4) is 5.75 Å². The lowest BCUT2D eigenvalue weighted by Crippen LogP contribution is -2.40. The molecule has 0 aliphatic heterocycles. The summed E-state index contributed by atoms with van der Waals surface area (Å²) in [5.41, 5.74) is 1.20. The van der Waals surface area contributed by atoms with Crippen LogP contribution in [0.3, 0.4) is 0 Å². The number of urea groups is 1. The molecule has 0 heterocycles. The van der Waals surface area contributed by atoms with Gasteiger partial charge in [0.1, 0.15) is 5.75 Å². The molecule has 0 radical (unpaired) electrons. The van der Waals surface area contributed by atoms with Gasteiger partial charge in [0, 0.05) is 13.1 Å². The number of ether oxygens (including phenoxy) is 1. The first-order valence-corrected chi connectivity index (χ1v) is 6.56. The van der Waals surface area contributed by atoms with Gasteiger partial charge in [-0.3, -0.25) is 0 Å². The summed E-state index contributed by atoms with van der Waals surface area (Å²) in [5.74, 6) is 0.861. The lowest BCUT2D eigenvalue weighted by molar-refractivity contribution is 0.235. The smallest absolute Gasteiger partial charge is 0.314 e. The van der Waals surface area contributed by atoms with Gasteiger partial charge in [-0.05, 0) is 23.5 Å². The highest BCUT2D eigenvalue weighted by Crippen LogP contribution is 2.17. The van der Waals surface area contributed by atoms with Gasteiger partial charge in [0.05, 0.1) is 7.11 Å². The maximum absolute atomic E-state index is 11.6. The largest absolute Gasteiger partial charge is 0.496 e. The summed E-state index contributed by atoms with van der Waals surface area (Å²) < 4.78 is 5.27. The maximum Gasteiger partial charge on any atom is 0.314 e. The normalized spacial score (nSPS) is 10.9. The molecule has 2 amide bonds. The Kier molecular flexibility index (Phi) is 5.67. The summed E-state index contributed by atoms with van der Waals surface area (Å²) in [4.78, 5) is 11.6. The molecule has 0 aliphatic carbocycles. The van der Waals surface area contributed by atoms with E-state index >= 15 is 0 Å². The quantitative estimate of drug-likeness (QED) is 0.859. The molecule has 0 aliphatic rings. The van der Waals surface area contributed by atoms with Crippen molar-refractivity contribution in [1.82, 2.24) is 10.6 Å². The van der Waals surface area contributed by atoms with Crippen LogP contribution in [0.25, 0.3) is 0 Å². The third-order valence-electron chi connectivity index (χ3n) is 2.65. The van der Waals surface area contributed by atoms with Crippen LogP contribution in [0.15, 0.2) is 24.3 Å². The highest BCUT2D eigenvalue weighted by Gasteiger charge is 2.11. The molecular weight excluding hydrogens is 240 g/mol. The van der Waals surface area contributed by atoms with Gasteiger partial charge in [-0.1, -0.05) is 39.0 Å². The maximum atomic E-state index is 11.6. The number of amides is 2. The summed E-state index contributed by atoms with van der Waals surface area (Å²) >= 11 is 0. The molecule has 0 bridgehead atoms. The molecule has 0 fully saturated rings. The molecule has 0 aromatic heterocycles. The van der Waals surface area contributed by atoms with Crippen molar-refractivity contribution in [3.05, 3.63) is 29.8 Å². The Morgan fingerprint density at radius 2 is 1.89 bits per heavy atom. The highest BCUT2D eigenvalue weighted by molar-refractivity contribution is 5.73. The SMILES string of the molecule is COc1ccccc1CCNC(=O)NCC(C)(C)C. The first-order chi connectivity index (χ1) is 8.92. The van der Waals surface area contributed by atoms with E-state index in [0.29, 0.717) is 13.1 Å². The van der Waals surface area contributed by atoms with E-state index in [0.717, 1.165) is 17.7 Å². The van der Waals surface area contributed by atoms with Crippen molar-refractivity contribution in [2.75, 3.05) is 20.2 Å². The summed E-state index contributed by atoms with van der Waals surface area (Å²) in [6.45, 7) is 7.51. The number of hydrogen-bond donors (Lipinski definition) is 2. The summed E-state index contributed by atoms with van der Waals surface area (Å²) in [5, 5.41) is 5.71. The molecule has 0 saturated carbocycles. The standard InChI is InChI=1S/C15H24N2O2/c1-15(2,3)11-17-14(18)16-10-9-12-7-5-6-8-13(12)19-4/h5-8H,9-11H2,1-4H3,(H2,16,17,18). The Morgan fingerprint density at radius 1 is 1.21 bits per heavy atom. The van der Waals surface area contributed by atoms with E-state index in [1.165, 1.54) is 0 Å². The van der Waals surface area contributed by atoms with Gasteiger partial charge in [-0.2, -0.15) is 0 Å². The fourth-order valence-electron chi connectivity index (χ4n) is 1.63. The van der Waals surface area contributed by atoms with Gasteiger partial charge in [0.2, 0.25) is 0 Å². The molecule has 0 unspecified atom stereocenters. The monoisotopic (exact) mass is 264 g/mol. The summed E-state index contributed by atoms with van der Waals surface area (Å²) in [6.07, 6.45) is 0.757. The predicted octanol–water partition coefficient (Wildman–Crippen LogP) is 2.58. The minimum absolute atomic E-state index is 0.0972. The number of rotatable bonds is 5. The lowest BCUT2D eigenvalue weighted by Gasteiger charge is -2.19. The van der Waals surface area contributed by atoms with Crippen molar-refractivity contribution < 1.29 is 9.53 Å². The summed E-state index contributed by atoms with van der Waals surface area (Å²) in [6, 6.07) is 7.72. The van der Waals surface area contributed by atoms with Crippen LogP contribution in [0.5, 0.6) is 5.75 Å². The zero-order chi connectivity index (χ0) is 14.3. The zero-order valence-electron chi connectivity index (χ0n) is 12.2. The first-order valence-electron chi connectivity index (χ1n) is 6.56. The number of nitrogens with one attached hydrogen (secondary N) is 2. The van der Waals surface area contributed by atoms with Gasteiger partial charge in [-0.25, -0.2) is 4.79 Å². The molecular formula is C15H24N2O2. The second-order valence-corrected chi connectivity index (χ2v) is 5.73. The average Bonchev–Trinajstić information content (AvgIpc) is 2.36. The van der Waals surface area contributed by atoms with E-state index in [9.17, 15) is 4.79 Å². The molecule has 0 saturated heterocycles. The number of hydrogen-bond acceptors (Lipinski definition) is 2. The van der Waals surface area contributed by atoms with Gasteiger partial charge in [0.25, 0.3) is 0 Å². The van der Waals surface area contributed by atoms with E-state index in [1.807, 2.05) is 24.3 Å². The molecule has 0 atom stereocenters. The average molecular weight is 264 g/mol. The molecule has 1 aromatic carbocycles. The fourth-order valence-corrected chi connectivity index (χ4v) is 1.63. The summed E-state index contributed by atoms with van der Waals surface area (Å²) in [7, 11) is 1.66. The minimum atomic E-state index is -0.121. The molecule has 1 aromatic rings. The van der Waals surface area contributed by atoms with Crippen LogP contribution in [0, 0.1) is 5.41 Å². The molecule has 2 N–H and O–H groups in total. The van der Waals surface area contributed by atoms with E-state index in [4.69, 9.17) is 4.74 Å². The van der Waals surface area contributed by atoms with E-state index in [1.54, 1.807) is 7.11 Å². The van der Waals surface area contributed by atoms with Crippen molar-refractivity contribution in [2.24, 2.45) is 5.41 Å². The lowest BCUT2D eigenvalue weighted by atomic mass is 9.97. The number of benzene rings is 1. The van der Waals surface area contributed by atoms with Crippen molar-refractivity contribution >= 4 is 6.03 Å². The van der Waals surface area contributed by atoms with Crippen LogP contribution in [-0.2, 0) is 6.42 Å². The third kappa shape index (κ3) is 6.13. The topological polar surface area (TPSA) is 50.4 Å². The van der Waals surface area contributed by atoms with Crippen LogP contribution in [0.2, 0.25) is 0 Å². The molecule has 106 valence electrons. The van der Waals surface area contributed by atoms with Crippen molar-refractivity contribution in [1.29, 1.82) is 0 Å². The van der Waals surface area contributed by atoms with Crippen LogP contribution in [0.4, 0.5) is 4.79 Å². The van der Waals surface area contributed by atoms with E-state index in [2.05, 4.69) is 31.4 Å². The first kappa shape index (κ1) is 15.3. The Labute approximate surface area is 115 Å². The van der Waals surface area contributed by atoms with Gasteiger partial charge >= 0.3 is 6.03 Å². The van der Waals surface area contributed by atoms with E-state index in [-0.39, 0.29) is 11.4 Å². The Balaban J connectivity index is 2.32. The number of methoxy groups -OCH3 is 1. The molecule has 19 heavy (non-hydrogen) atoms. The van der Waals surface area contributed by atoms with Crippen molar-refractivity contribution in [3.63, 3.8) is 0 Å². The second kappa shape index (κ2) is 7.02. The number of carbonyl (C=O) groups excluding carboxylic acids is 1. The molecule has 0 spiro atoms. The van der Waals surface area contributed by atoms with Crippen LogP contribution < -0.4 is 15.4 Å². The van der Waals surface area contributed by atoms with Crippen LogP contribution in [-0.4, -0.2) is 26.2 Å². The van der Waals surface area contributed by atoms with Gasteiger partial charge in [0.15, 0.2) is 0 Å². The Morgan fingerprint density at radius 3 is 2.53 bits per heavy atom. The van der Waals surface area contributed by atoms with Gasteiger partial charge in [-0.15, -0.1) is 0 Å². The number of para-hydroxylation sites is 1. The molecule has 4 heteroatoms. The van der Waals surface area contributed by atoms with Crippen LogP contribution >= 0.6 is 0 Å². The number of carbonyl (C=O) groups is 1. The van der Waals surface area contributed by atoms with Crippen LogP contribution in [0.1, 0.15) is 26.3 Å². The Bertz CT molecular complexity index is 411. The second-order valence-electron chi connectivity index (χ2n) is 5.73. The Hall–Kier alpha value is -1.71. The molecule has 1 rings (SSSR count). The predicted molar refractivity (Wildman–Crippen MR) is 77.6 cm³/mol. The van der Waals surface area contributed by atoms with Gasteiger partial charge < -0.3 is 15.4 Å². The highest BCUT2D eigenvalue weighted by atomic mass is 16.5. The fraction of sp³-hybridized carbons (Fsp3) is 0.533. The van der Waals surface area contributed by atoms with E-state index < -0.39 is 0 Å². The minimum Gasteiger partial charge on any atom is -0.496 e. The molecule has 4 nitrogen and oxygen atoms in total. The zero-order valence-corrected chi connectivity index (χ0v) is 12.2.